The fraction of sp³-hybridized carbons (Fsp3) is 0.481. The molecule has 8 heteroatoms. The van der Waals surface area contributed by atoms with Crippen molar-refractivity contribution in [2.24, 2.45) is 17.8 Å². The van der Waals surface area contributed by atoms with Gasteiger partial charge in [-0.15, -0.1) is 17.3 Å². The molecule has 4 nitrogen and oxygen atoms in total. The summed E-state index contributed by atoms with van der Waals surface area (Å²) in [6, 6.07) is 2.51. The van der Waals surface area contributed by atoms with E-state index in [9.17, 15) is 18.3 Å². The van der Waals surface area contributed by atoms with Crippen molar-refractivity contribution in [3.63, 3.8) is 0 Å². The zero-order chi connectivity index (χ0) is 25.0. The summed E-state index contributed by atoms with van der Waals surface area (Å²) in [6.45, 7) is 4.43. The van der Waals surface area contributed by atoms with Crippen LogP contribution in [0.3, 0.4) is 0 Å². The van der Waals surface area contributed by atoms with Gasteiger partial charge in [0.05, 0.1) is 5.56 Å². The van der Waals surface area contributed by atoms with Gasteiger partial charge >= 0.3 is 6.18 Å². The van der Waals surface area contributed by atoms with E-state index in [0.29, 0.717) is 39.8 Å². The summed E-state index contributed by atoms with van der Waals surface area (Å²) < 4.78 is 45.4. The average Bonchev–Trinajstić information content (AvgIpc) is 3.43. The largest absolute Gasteiger partial charge is 0.436 e. The van der Waals surface area contributed by atoms with E-state index in [4.69, 9.17) is 4.42 Å². The van der Waals surface area contributed by atoms with Crippen LogP contribution in [0.5, 0.6) is 0 Å². The molecule has 0 radical (unpaired) electrons. The Morgan fingerprint density at radius 1 is 1.34 bits per heavy atom. The van der Waals surface area contributed by atoms with E-state index in [0.717, 1.165) is 38.5 Å². The predicted octanol–water partition coefficient (Wildman–Crippen LogP) is 7.81. The molecule has 0 saturated heterocycles. The molecule has 0 aliphatic heterocycles. The van der Waals surface area contributed by atoms with E-state index in [1.807, 2.05) is 6.08 Å². The van der Waals surface area contributed by atoms with Gasteiger partial charge in [-0.2, -0.15) is 13.2 Å². The standard InChI is InChI=1S/C27H29F3N2O2S/c1-3-18-8-4-5-9-19(14-18)13-17(2)7-6-10-23-32-22-16-20(25(33)27(28,29)30)15-21(24(22)34-23)26-31-11-12-35-26/h6,10-12,15-19,25,33H,3,5,7,9,13-14H2,1-2H3/b10-6+. The number of aliphatic hydroxyl groups excluding tert-OH is 1. The molecule has 4 unspecified atom stereocenters. The van der Waals surface area contributed by atoms with Gasteiger partial charge < -0.3 is 9.52 Å². The summed E-state index contributed by atoms with van der Waals surface area (Å²) in [4.78, 5) is 8.59. The monoisotopic (exact) mass is 502 g/mol. The van der Waals surface area contributed by atoms with E-state index in [1.165, 1.54) is 23.5 Å². The number of aliphatic hydroxyl groups is 1. The number of benzene rings is 1. The Labute approximate surface area is 207 Å². The molecule has 0 saturated carbocycles. The van der Waals surface area contributed by atoms with Gasteiger partial charge in [-0.1, -0.05) is 25.8 Å². The Morgan fingerprint density at radius 2 is 2.17 bits per heavy atom. The quantitative estimate of drug-likeness (QED) is 0.319. The molecule has 3 aromatic rings. The Kier molecular flexibility index (Phi) is 7.98. The summed E-state index contributed by atoms with van der Waals surface area (Å²) in [5.74, 6) is 8.63. The van der Waals surface area contributed by atoms with Crippen molar-refractivity contribution in [3.05, 3.63) is 41.2 Å². The molecule has 0 bridgehead atoms. The number of hydrogen-bond acceptors (Lipinski definition) is 5. The van der Waals surface area contributed by atoms with Gasteiger partial charge in [-0.3, -0.25) is 0 Å². The smallest absolute Gasteiger partial charge is 0.418 e. The highest BCUT2D eigenvalue weighted by molar-refractivity contribution is 7.13. The zero-order valence-corrected chi connectivity index (χ0v) is 20.6. The van der Waals surface area contributed by atoms with Gasteiger partial charge in [0.15, 0.2) is 11.7 Å². The Bertz CT molecular complexity index is 1220. The SMILES string of the molecule is CCC1C#CCCC(CC(C)C/C=C/c2nc3cc(C(O)C(F)(F)F)cc(-c4nccs4)c3o2)C1. The zero-order valence-electron chi connectivity index (χ0n) is 19.8. The fourth-order valence-corrected chi connectivity index (χ4v) is 5.28. The molecule has 4 rings (SSSR count). The van der Waals surface area contributed by atoms with Crippen LogP contribution in [-0.4, -0.2) is 21.3 Å². The van der Waals surface area contributed by atoms with Crippen LogP contribution in [0, 0.1) is 29.6 Å². The lowest BCUT2D eigenvalue weighted by atomic mass is 9.84. The number of hydrogen-bond donors (Lipinski definition) is 1. The van der Waals surface area contributed by atoms with Gasteiger partial charge in [0.1, 0.15) is 10.5 Å². The van der Waals surface area contributed by atoms with Gasteiger partial charge in [0.25, 0.3) is 0 Å². The van der Waals surface area contributed by atoms with E-state index in [2.05, 4.69) is 35.7 Å². The van der Waals surface area contributed by atoms with Crippen molar-refractivity contribution in [2.45, 2.75) is 64.7 Å². The van der Waals surface area contributed by atoms with Crippen molar-refractivity contribution in [1.82, 2.24) is 9.97 Å². The lowest BCUT2D eigenvalue weighted by molar-refractivity contribution is -0.206. The summed E-state index contributed by atoms with van der Waals surface area (Å²) in [5.41, 5.74) is 0.713. The van der Waals surface area contributed by atoms with E-state index >= 15 is 0 Å². The molecule has 1 aliphatic rings. The molecular weight excluding hydrogens is 473 g/mol. The predicted molar refractivity (Wildman–Crippen MR) is 132 cm³/mol. The molecule has 1 aromatic carbocycles. The average molecular weight is 503 g/mol. The Balaban J connectivity index is 1.50. The van der Waals surface area contributed by atoms with Crippen LogP contribution in [0.4, 0.5) is 13.2 Å². The van der Waals surface area contributed by atoms with Gasteiger partial charge in [0, 0.05) is 23.9 Å². The normalized spacial score (nSPS) is 20.5. The number of nitrogens with zero attached hydrogens (tertiary/aromatic N) is 2. The minimum Gasteiger partial charge on any atom is -0.436 e. The summed E-state index contributed by atoms with van der Waals surface area (Å²) in [5, 5.41) is 12.0. The molecule has 186 valence electrons. The third kappa shape index (κ3) is 6.33. The van der Waals surface area contributed by atoms with Crippen LogP contribution >= 0.6 is 11.3 Å². The highest BCUT2D eigenvalue weighted by Gasteiger charge is 2.40. The first-order valence-electron chi connectivity index (χ1n) is 12.0. The number of alkyl halides is 3. The molecule has 2 heterocycles. The van der Waals surface area contributed by atoms with Crippen LogP contribution in [-0.2, 0) is 0 Å². The van der Waals surface area contributed by atoms with Gasteiger partial charge in [-0.05, 0) is 67.7 Å². The Hall–Kier alpha value is -2.63. The summed E-state index contributed by atoms with van der Waals surface area (Å²) in [6.07, 6.45) is 4.32. The minimum absolute atomic E-state index is 0.257. The molecule has 0 amide bonds. The maximum atomic E-state index is 13.2. The van der Waals surface area contributed by atoms with Crippen LogP contribution in [0.1, 0.15) is 69.9 Å². The molecule has 4 atom stereocenters. The number of oxazole rings is 1. The molecule has 0 fully saturated rings. The molecule has 1 N–H and O–H groups in total. The van der Waals surface area contributed by atoms with Crippen molar-refractivity contribution in [1.29, 1.82) is 0 Å². The molecule has 35 heavy (non-hydrogen) atoms. The summed E-state index contributed by atoms with van der Waals surface area (Å²) in [7, 11) is 0. The Morgan fingerprint density at radius 3 is 2.89 bits per heavy atom. The third-order valence-corrected chi connectivity index (χ3v) is 7.25. The molecular formula is C27H29F3N2O2S. The third-order valence-electron chi connectivity index (χ3n) is 6.45. The lowest BCUT2D eigenvalue weighted by Crippen LogP contribution is -2.20. The fourth-order valence-electron chi connectivity index (χ4n) is 4.63. The molecule has 2 aromatic heterocycles. The lowest BCUT2D eigenvalue weighted by Gasteiger charge is -2.20. The second-order valence-corrected chi connectivity index (χ2v) is 10.2. The minimum atomic E-state index is -4.78. The maximum Gasteiger partial charge on any atom is 0.418 e. The van der Waals surface area contributed by atoms with Crippen molar-refractivity contribution < 1.29 is 22.7 Å². The van der Waals surface area contributed by atoms with E-state index in [-0.39, 0.29) is 11.1 Å². The van der Waals surface area contributed by atoms with Crippen LogP contribution in [0.15, 0.2) is 34.2 Å². The number of halogens is 3. The van der Waals surface area contributed by atoms with Gasteiger partial charge in [-0.25, -0.2) is 9.97 Å². The first kappa shape index (κ1) is 25.5. The number of thiazole rings is 1. The van der Waals surface area contributed by atoms with Crippen molar-refractivity contribution in [2.75, 3.05) is 0 Å². The highest BCUT2D eigenvalue weighted by atomic mass is 32.1. The molecule has 1 aliphatic carbocycles. The number of allylic oxidation sites excluding steroid dienone is 1. The van der Waals surface area contributed by atoms with E-state index < -0.39 is 12.3 Å². The topological polar surface area (TPSA) is 59.2 Å². The van der Waals surface area contributed by atoms with Crippen molar-refractivity contribution >= 4 is 28.5 Å². The van der Waals surface area contributed by atoms with Crippen LogP contribution in [0.25, 0.3) is 27.7 Å². The van der Waals surface area contributed by atoms with Crippen molar-refractivity contribution in [3.8, 4) is 22.4 Å². The van der Waals surface area contributed by atoms with Crippen LogP contribution in [0.2, 0.25) is 0 Å². The van der Waals surface area contributed by atoms with Crippen LogP contribution < -0.4 is 0 Å². The maximum absolute atomic E-state index is 13.2. The second kappa shape index (κ2) is 11.0. The highest BCUT2D eigenvalue weighted by Crippen LogP contribution is 2.38. The first-order chi connectivity index (χ1) is 16.7. The number of aromatic nitrogens is 2. The number of fused-ring (bicyclic) bond motifs is 1. The first-order valence-corrected chi connectivity index (χ1v) is 12.9. The van der Waals surface area contributed by atoms with Gasteiger partial charge in [0.2, 0.25) is 5.89 Å². The summed E-state index contributed by atoms with van der Waals surface area (Å²) >= 11 is 1.28. The number of rotatable bonds is 8. The molecule has 0 spiro atoms. The second-order valence-electron chi connectivity index (χ2n) is 9.30. The van der Waals surface area contributed by atoms with E-state index in [1.54, 1.807) is 17.7 Å².